The largest absolute Gasteiger partial charge is 0.497 e. The maximum atomic E-state index is 13.4. The number of carbonyl (C=O) groups is 1. The summed E-state index contributed by atoms with van der Waals surface area (Å²) in [5.74, 6) is 1.01. The second-order valence-electron chi connectivity index (χ2n) is 8.49. The fourth-order valence-corrected chi connectivity index (χ4v) is 5.31. The SMILES string of the molecule is COc1ccc(-c2ccc3c(c2)[C@H]2[C@H](CCN2C(=O)c2ccncc2)[C@@H](CO)N3C)cc1. The number of likely N-dealkylation sites (tertiary alicyclic amines) is 1. The number of rotatable bonds is 4. The van der Waals surface area contributed by atoms with Crippen molar-refractivity contribution in [1.82, 2.24) is 9.88 Å². The molecule has 5 rings (SSSR count). The van der Waals surface area contributed by atoms with Crippen LogP contribution in [0.15, 0.2) is 67.0 Å². The standard InChI is InChI=1S/C26H27N3O3/c1-28-23-8-5-19(17-3-6-20(32-2)7-4-17)15-22(23)25-21(24(28)16-30)11-14-29(25)26(31)18-9-12-27-13-10-18/h3-10,12-13,15,21,24-25,30H,11,14,16H2,1-2H3/t21-,24-,25-/m1/s1. The Balaban J connectivity index is 1.59. The molecule has 2 aliphatic rings. The molecular weight excluding hydrogens is 402 g/mol. The molecule has 0 bridgehead atoms. The molecule has 0 radical (unpaired) electrons. The van der Waals surface area contributed by atoms with Crippen LogP contribution in [0.25, 0.3) is 11.1 Å². The third-order valence-corrected chi connectivity index (χ3v) is 6.96. The molecule has 0 saturated carbocycles. The molecule has 0 aliphatic carbocycles. The second-order valence-corrected chi connectivity index (χ2v) is 8.49. The van der Waals surface area contributed by atoms with Crippen molar-refractivity contribution in [2.75, 3.05) is 32.2 Å². The fraction of sp³-hybridized carbons (Fsp3) is 0.308. The minimum absolute atomic E-state index is 0.0157. The van der Waals surface area contributed by atoms with Crippen molar-refractivity contribution in [1.29, 1.82) is 0 Å². The molecule has 2 aliphatic heterocycles. The Morgan fingerprint density at radius 3 is 2.50 bits per heavy atom. The lowest BCUT2D eigenvalue weighted by Crippen LogP contribution is -2.48. The van der Waals surface area contributed by atoms with Crippen LogP contribution in [0.1, 0.15) is 28.4 Å². The van der Waals surface area contributed by atoms with Crippen molar-refractivity contribution in [3.63, 3.8) is 0 Å². The van der Waals surface area contributed by atoms with Crippen molar-refractivity contribution in [2.24, 2.45) is 5.92 Å². The van der Waals surface area contributed by atoms with Gasteiger partial charge in [-0.15, -0.1) is 0 Å². The second kappa shape index (κ2) is 8.28. The number of hydrogen-bond acceptors (Lipinski definition) is 5. The first-order valence-electron chi connectivity index (χ1n) is 11.0. The van der Waals surface area contributed by atoms with E-state index in [0.717, 1.165) is 34.5 Å². The van der Waals surface area contributed by atoms with E-state index >= 15 is 0 Å². The van der Waals surface area contributed by atoms with Crippen LogP contribution in [-0.2, 0) is 0 Å². The topological polar surface area (TPSA) is 65.9 Å². The van der Waals surface area contributed by atoms with E-state index in [1.54, 1.807) is 31.6 Å². The monoisotopic (exact) mass is 429 g/mol. The van der Waals surface area contributed by atoms with Crippen LogP contribution in [-0.4, -0.2) is 54.2 Å². The van der Waals surface area contributed by atoms with Crippen LogP contribution in [0.3, 0.4) is 0 Å². The van der Waals surface area contributed by atoms with Crippen LogP contribution in [0.4, 0.5) is 5.69 Å². The summed E-state index contributed by atoms with van der Waals surface area (Å²) in [5.41, 5.74) is 5.05. The molecule has 164 valence electrons. The average molecular weight is 430 g/mol. The van der Waals surface area contributed by atoms with E-state index < -0.39 is 0 Å². The minimum Gasteiger partial charge on any atom is -0.497 e. The minimum atomic E-state index is -0.0720. The highest BCUT2D eigenvalue weighted by Gasteiger charge is 2.47. The number of nitrogens with zero attached hydrogens (tertiary/aromatic N) is 3. The number of aromatic nitrogens is 1. The molecule has 32 heavy (non-hydrogen) atoms. The quantitative estimate of drug-likeness (QED) is 0.684. The maximum Gasteiger partial charge on any atom is 0.254 e. The summed E-state index contributed by atoms with van der Waals surface area (Å²) in [6.45, 7) is 0.738. The number of aliphatic hydroxyl groups excluding tert-OH is 1. The first kappa shape index (κ1) is 20.5. The van der Waals surface area contributed by atoms with Crippen LogP contribution in [0, 0.1) is 5.92 Å². The van der Waals surface area contributed by atoms with Gasteiger partial charge in [0.25, 0.3) is 5.91 Å². The van der Waals surface area contributed by atoms with Gasteiger partial charge < -0.3 is 19.6 Å². The molecule has 3 aromatic rings. The van der Waals surface area contributed by atoms with Crippen molar-refractivity contribution < 1.29 is 14.6 Å². The predicted molar refractivity (Wildman–Crippen MR) is 124 cm³/mol. The van der Waals surface area contributed by atoms with E-state index in [2.05, 4.69) is 40.2 Å². The third kappa shape index (κ3) is 3.31. The molecule has 3 atom stereocenters. The zero-order valence-corrected chi connectivity index (χ0v) is 18.3. The molecular formula is C26H27N3O3. The molecule has 0 spiro atoms. The van der Waals surface area contributed by atoms with Crippen molar-refractivity contribution in [3.05, 3.63) is 78.1 Å². The molecule has 1 saturated heterocycles. The molecule has 6 heteroatoms. The first-order chi connectivity index (χ1) is 15.6. The fourth-order valence-electron chi connectivity index (χ4n) is 5.31. The zero-order chi connectivity index (χ0) is 22.2. The molecule has 3 heterocycles. The number of hydrogen-bond donors (Lipinski definition) is 1. The summed E-state index contributed by atoms with van der Waals surface area (Å²) in [4.78, 5) is 21.6. The molecule has 2 aromatic carbocycles. The Kier molecular flexibility index (Phi) is 5.31. The van der Waals surface area contributed by atoms with Gasteiger partial charge in [-0.05, 0) is 59.5 Å². The van der Waals surface area contributed by atoms with Crippen molar-refractivity contribution in [3.8, 4) is 16.9 Å². The predicted octanol–water partition coefficient (Wildman–Crippen LogP) is 3.77. The highest BCUT2D eigenvalue weighted by atomic mass is 16.5. The van der Waals surface area contributed by atoms with Gasteiger partial charge >= 0.3 is 0 Å². The molecule has 1 aromatic heterocycles. The van der Waals surface area contributed by atoms with Crippen LogP contribution >= 0.6 is 0 Å². The van der Waals surface area contributed by atoms with Crippen LogP contribution in [0.5, 0.6) is 5.75 Å². The van der Waals surface area contributed by atoms with E-state index in [1.165, 1.54) is 0 Å². The van der Waals surface area contributed by atoms with Gasteiger partial charge in [-0.2, -0.15) is 0 Å². The number of ether oxygens (including phenoxy) is 1. The van der Waals surface area contributed by atoms with Gasteiger partial charge in [-0.3, -0.25) is 9.78 Å². The molecule has 6 nitrogen and oxygen atoms in total. The number of methoxy groups -OCH3 is 1. The number of anilines is 1. The highest BCUT2D eigenvalue weighted by Crippen LogP contribution is 2.49. The maximum absolute atomic E-state index is 13.4. The summed E-state index contributed by atoms with van der Waals surface area (Å²) in [5, 5.41) is 10.2. The molecule has 1 amide bonds. The van der Waals surface area contributed by atoms with E-state index in [1.807, 2.05) is 24.1 Å². The Bertz CT molecular complexity index is 1120. The number of pyridine rings is 1. The third-order valence-electron chi connectivity index (χ3n) is 6.96. The Morgan fingerprint density at radius 1 is 1.09 bits per heavy atom. The average Bonchev–Trinajstić information content (AvgIpc) is 3.29. The Hall–Kier alpha value is -3.38. The lowest BCUT2D eigenvalue weighted by Gasteiger charge is -2.44. The molecule has 0 unspecified atom stereocenters. The van der Waals surface area contributed by atoms with Crippen molar-refractivity contribution in [2.45, 2.75) is 18.5 Å². The highest BCUT2D eigenvalue weighted by molar-refractivity contribution is 5.95. The molecule has 1 fully saturated rings. The number of fused-ring (bicyclic) bond motifs is 3. The summed E-state index contributed by atoms with van der Waals surface area (Å²) in [6.07, 6.45) is 4.17. The van der Waals surface area contributed by atoms with Gasteiger partial charge in [0.05, 0.1) is 25.8 Å². The van der Waals surface area contributed by atoms with Crippen LogP contribution in [0.2, 0.25) is 0 Å². The van der Waals surface area contributed by atoms with Gasteiger partial charge in [0.15, 0.2) is 0 Å². The van der Waals surface area contributed by atoms with Crippen LogP contribution < -0.4 is 9.64 Å². The van der Waals surface area contributed by atoms with E-state index in [4.69, 9.17) is 4.74 Å². The summed E-state index contributed by atoms with van der Waals surface area (Å²) in [6, 6.07) is 17.9. The van der Waals surface area contributed by atoms with Crippen molar-refractivity contribution >= 4 is 11.6 Å². The number of benzene rings is 2. The normalized spacial score (nSPS) is 21.8. The number of likely N-dealkylation sites (N-methyl/N-ethyl adjacent to an activating group) is 1. The molecule has 1 N–H and O–H groups in total. The van der Waals surface area contributed by atoms with Gasteiger partial charge in [-0.25, -0.2) is 0 Å². The summed E-state index contributed by atoms with van der Waals surface area (Å²) < 4.78 is 5.29. The smallest absolute Gasteiger partial charge is 0.254 e. The Labute approximate surface area is 188 Å². The zero-order valence-electron chi connectivity index (χ0n) is 18.3. The summed E-state index contributed by atoms with van der Waals surface area (Å²) in [7, 11) is 3.70. The Morgan fingerprint density at radius 2 is 1.81 bits per heavy atom. The van der Waals surface area contributed by atoms with E-state index in [-0.39, 0.29) is 30.5 Å². The lowest BCUT2D eigenvalue weighted by molar-refractivity contribution is 0.0694. The lowest BCUT2D eigenvalue weighted by atomic mass is 9.81. The van der Waals surface area contributed by atoms with E-state index in [0.29, 0.717) is 12.1 Å². The van der Waals surface area contributed by atoms with Gasteiger partial charge in [0.1, 0.15) is 5.75 Å². The van der Waals surface area contributed by atoms with Gasteiger partial charge in [0.2, 0.25) is 0 Å². The number of amides is 1. The van der Waals surface area contributed by atoms with Gasteiger partial charge in [-0.1, -0.05) is 18.2 Å². The summed E-state index contributed by atoms with van der Waals surface area (Å²) >= 11 is 0. The first-order valence-corrected chi connectivity index (χ1v) is 11.0. The number of carbonyl (C=O) groups excluding carboxylic acids is 1. The number of aliphatic hydroxyl groups is 1. The van der Waals surface area contributed by atoms with E-state index in [9.17, 15) is 9.90 Å². The van der Waals surface area contributed by atoms with Gasteiger partial charge in [0, 0.05) is 43.2 Å².